The summed E-state index contributed by atoms with van der Waals surface area (Å²) in [6, 6.07) is 4.33. The Morgan fingerprint density at radius 1 is 1.08 bits per heavy atom. The van der Waals surface area contributed by atoms with Crippen LogP contribution in [0.3, 0.4) is 0 Å². The summed E-state index contributed by atoms with van der Waals surface area (Å²) in [5.74, 6) is -2.95. The van der Waals surface area contributed by atoms with Gasteiger partial charge in [-0.2, -0.15) is 0 Å². The summed E-state index contributed by atoms with van der Waals surface area (Å²) >= 11 is 0. The number of ether oxygens (including phenoxy) is 2. The summed E-state index contributed by atoms with van der Waals surface area (Å²) in [6.45, 7) is 7.83. The number of nitrogens with zero attached hydrogens (tertiary/aromatic N) is 2. The number of hydrogen-bond donors (Lipinski definition) is 1. The largest absolute Gasteiger partial charge is 0.461 e. The van der Waals surface area contributed by atoms with Crippen molar-refractivity contribution in [3.05, 3.63) is 53.6 Å². The zero-order valence-electron chi connectivity index (χ0n) is 21.3. The summed E-state index contributed by atoms with van der Waals surface area (Å²) in [7, 11) is 0. The van der Waals surface area contributed by atoms with Crippen LogP contribution in [0.15, 0.2) is 42.5 Å². The van der Waals surface area contributed by atoms with Gasteiger partial charge in [0.2, 0.25) is 5.91 Å². The van der Waals surface area contributed by atoms with Gasteiger partial charge in [-0.25, -0.2) is 0 Å². The fourth-order valence-electron chi connectivity index (χ4n) is 6.57. The Hall–Kier alpha value is -2.97. The highest BCUT2D eigenvalue weighted by molar-refractivity contribution is 6.06. The molecule has 4 aliphatic rings. The van der Waals surface area contributed by atoms with Gasteiger partial charge in [0.1, 0.15) is 29.8 Å². The average Bonchev–Trinajstić information content (AvgIpc) is 3.14. The molecule has 4 heterocycles. The second-order valence-electron chi connectivity index (χ2n) is 10.3. The predicted molar refractivity (Wildman–Crippen MR) is 133 cm³/mol. The van der Waals surface area contributed by atoms with Crippen LogP contribution in [0.5, 0.6) is 0 Å². The lowest BCUT2D eigenvalue weighted by Gasteiger charge is -2.40. The summed E-state index contributed by atoms with van der Waals surface area (Å²) in [6.07, 6.45) is 8.17. The van der Waals surface area contributed by atoms with Crippen LogP contribution >= 0.6 is 0 Å². The second-order valence-corrected chi connectivity index (χ2v) is 10.3. The van der Waals surface area contributed by atoms with Gasteiger partial charge in [0.15, 0.2) is 0 Å². The van der Waals surface area contributed by atoms with E-state index >= 15 is 0 Å². The van der Waals surface area contributed by atoms with Crippen LogP contribution in [-0.4, -0.2) is 70.8 Å². The van der Waals surface area contributed by atoms with Crippen molar-refractivity contribution in [2.75, 3.05) is 24.7 Å². The molecule has 1 aromatic rings. The van der Waals surface area contributed by atoms with Gasteiger partial charge in [-0.15, -0.1) is 0 Å². The lowest BCUT2D eigenvalue weighted by molar-refractivity contribution is -0.159. The van der Waals surface area contributed by atoms with Crippen molar-refractivity contribution in [2.45, 2.75) is 63.8 Å². The fourth-order valence-corrected chi connectivity index (χ4v) is 6.57. The van der Waals surface area contributed by atoms with Crippen molar-refractivity contribution in [1.29, 1.82) is 0 Å². The third kappa shape index (κ3) is 3.30. The van der Waals surface area contributed by atoms with E-state index in [-0.39, 0.29) is 25.0 Å². The van der Waals surface area contributed by atoms with Crippen LogP contribution in [0.2, 0.25) is 0 Å². The first kappa shape index (κ1) is 24.7. The lowest BCUT2D eigenvalue weighted by Crippen LogP contribution is -2.59. The Morgan fingerprint density at radius 3 is 2.56 bits per heavy atom. The maximum Gasteiger partial charge on any atom is 0.313 e. The first-order valence-electron chi connectivity index (χ1n) is 12.8. The Bertz CT molecular complexity index is 1160. The smallest absolute Gasteiger partial charge is 0.313 e. The van der Waals surface area contributed by atoms with Crippen molar-refractivity contribution in [1.82, 2.24) is 4.90 Å². The minimum atomic E-state index is -1.36. The van der Waals surface area contributed by atoms with Gasteiger partial charge in [0.25, 0.3) is 5.91 Å². The molecule has 2 saturated heterocycles. The van der Waals surface area contributed by atoms with Crippen LogP contribution in [0, 0.1) is 25.7 Å². The highest BCUT2D eigenvalue weighted by Gasteiger charge is 2.76. The molecule has 0 saturated carbocycles. The number of aliphatic hydroxyl groups is 1. The molecule has 5 rings (SSSR count). The highest BCUT2D eigenvalue weighted by Crippen LogP contribution is 2.59. The van der Waals surface area contributed by atoms with E-state index in [1.54, 1.807) is 11.0 Å². The van der Waals surface area contributed by atoms with E-state index in [4.69, 9.17) is 9.47 Å². The quantitative estimate of drug-likeness (QED) is 0.499. The molecule has 0 radical (unpaired) electrons. The first-order valence-corrected chi connectivity index (χ1v) is 12.8. The zero-order valence-corrected chi connectivity index (χ0v) is 21.3. The number of aryl methyl sites for hydroxylation is 2. The summed E-state index contributed by atoms with van der Waals surface area (Å²) in [4.78, 5) is 45.1. The molecule has 2 amide bonds. The van der Waals surface area contributed by atoms with Gasteiger partial charge in [-0.3, -0.25) is 14.4 Å². The summed E-state index contributed by atoms with van der Waals surface area (Å²) < 4.78 is 12.3. The molecule has 2 fully saturated rings. The number of rotatable bonds is 5. The number of benzene rings is 1. The van der Waals surface area contributed by atoms with Gasteiger partial charge >= 0.3 is 5.97 Å². The van der Waals surface area contributed by atoms with Crippen LogP contribution in [0.25, 0.3) is 0 Å². The fraction of sp³-hybridized carbons (Fsp3) is 0.536. The standard InChI is InChI=1S/C28H34N2O6/c1-5-19(16-31)30-23-25(33)29(20-15-17(3)9-10-18(20)4)13-7-12-28(23)21(24(30)32)22-26(34)35-14-8-11-27(22,6-2)36-28/h7-12,15,19,21-23,31H,5-6,13-14,16H2,1-4H3/t19-,21-,22-,23?,27+,28-/m0/s1. The van der Waals surface area contributed by atoms with Crippen LogP contribution in [0.4, 0.5) is 5.69 Å². The Morgan fingerprint density at radius 2 is 1.86 bits per heavy atom. The van der Waals surface area contributed by atoms with Crippen LogP contribution in [0.1, 0.15) is 37.8 Å². The molecule has 192 valence electrons. The highest BCUT2D eigenvalue weighted by atomic mass is 16.6. The average molecular weight is 495 g/mol. The molecule has 0 aliphatic carbocycles. The number of anilines is 1. The number of carbonyl (C=O) groups is 3. The van der Waals surface area contributed by atoms with Crippen LogP contribution in [-0.2, 0) is 23.9 Å². The normalized spacial score (nSPS) is 34.1. The first-order chi connectivity index (χ1) is 17.2. The molecule has 8 heteroatoms. The molecule has 4 aliphatic heterocycles. The minimum absolute atomic E-state index is 0.116. The minimum Gasteiger partial charge on any atom is -0.461 e. The molecule has 6 atom stereocenters. The third-order valence-electron chi connectivity index (χ3n) is 8.36. The number of aliphatic hydroxyl groups excluding tert-OH is 1. The van der Waals surface area contributed by atoms with Gasteiger partial charge in [-0.1, -0.05) is 44.2 Å². The van der Waals surface area contributed by atoms with Crippen molar-refractivity contribution < 1.29 is 29.0 Å². The molecule has 1 spiro atoms. The second kappa shape index (κ2) is 8.85. The number of fused-ring (bicyclic) bond motifs is 2. The Balaban J connectivity index is 1.71. The number of likely N-dealkylation sites (tertiary alicyclic amines) is 1. The van der Waals surface area contributed by atoms with E-state index in [0.717, 1.165) is 16.8 Å². The predicted octanol–water partition coefficient (Wildman–Crippen LogP) is 2.45. The molecule has 1 unspecified atom stereocenters. The maximum atomic E-state index is 14.5. The molecule has 0 bridgehead atoms. The Labute approximate surface area is 211 Å². The van der Waals surface area contributed by atoms with Gasteiger partial charge in [0, 0.05) is 12.2 Å². The number of cyclic esters (lactones) is 1. The lowest BCUT2D eigenvalue weighted by atomic mass is 9.73. The molecular formula is C28H34N2O6. The number of hydrogen-bond acceptors (Lipinski definition) is 6. The number of esters is 1. The number of amides is 2. The van der Waals surface area contributed by atoms with E-state index < -0.39 is 41.1 Å². The van der Waals surface area contributed by atoms with Gasteiger partial charge in [0.05, 0.1) is 18.6 Å². The molecule has 36 heavy (non-hydrogen) atoms. The maximum absolute atomic E-state index is 14.5. The topological polar surface area (TPSA) is 96.4 Å². The van der Waals surface area contributed by atoms with E-state index in [1.807, 2.05) is 64.1 Å². The number of carbonyl (C=O) groups excluding carboxylic acids is 3. The Kier molecular flexibility index (Phi) is 6.08. The molecule has 8 nitrogen and oxygen atoms in total. The molecule has 1 aromatic carbocycles. The monoisotopic (exact) mass is 494 g/mol. The van der Waals surface area contributed by atoms with E-state index in [1.165, 1.54) is 4.90 Å². The third-order valence-corrected chi connectivity index (χ3v) is 8.36. The SMILES string of the molecule is CC[C@@H](CO)N1C(=O)[C@@H]2[C@H]3C(=O)OCC=C[C@@]3(CC)O[C@@]23C=CCN(c2cc(C)ccc2C)C(=O)C13. The van der Waals surface area contributed by atoms with Crippen molar-refractivity contribution in [2.24, 2.45) is 11.8 Å². The van der Waals surface area contributed by atoms with E-state index in [0.29, 0.717) is 19.4 Å². The molecular weight excluding hydrogens is 460 g/mol. The zero-order chi connectivity index (χ0) is 25.8. The van der Waals surface area contributed by atoms with Crippen molar-refractivity contribution in [3.8, 4) is 0 Å². The van der Waals surface area contributed by atoms with Crippen molar-refractivity contribution >= 4 is 23.5 Å². The van der Waals surface area contributed by atoms with Crippen LogP contribution < -0.4 is 4.90 Å². The van der Waals surface area contributed by atoms with Crippen molar-refractivity contribution in [3.63, 3.8) is 0 Å². The molecule has 1 N–H and O–H groups in total. The van der Waals surface area contributed by atoms with Gasteiger partial charge < -0.3 is 24.4 Å². The van der Waals surface area contributed by atoms with E-state index in [2.05, 4.69) is 0 Å². The summed E-state index contributed by atoms with van der Waals surface area (Å²) in [5, 5.41) is 10.2. The molecule has 0 aromatic heterocycles. The summed E-state index contributed by atoms with van der Waals surface area (Å²) in [5.41, 5.74) is 0.311. The van der Waals surface area contributed by atoms with E-state index in [9.17, 15) is 19.5 Å². The van der Waals surface area contributed by atoms with Gasteiger partial charge in [-0.05, 0) is 50.0 Å².